The molecule has 2 aromatic rings. The third kappa shape index (κ3) is 6.91. The minimum Gasteiger partial charge on any atom is -0.378 e. The van der Waals surface area contributed by atoms with Gasteiger partial charge in [0.2, 0.25) is 0 Å². The van der Waals surface area contributed by atoms with Crippen LogP contribution in [0.15, 0.2) is 36.4 Å². The van der Waals surface area contributed by atoms with Gasteiger partial charge < -0.3 is 24.8 Å². The Bertz CT molecular complexity index is 1230. The lowest BCUT2D eigenvalue weighted by atomic mass is 9.96. The molecule has 3 aliphatic heterocycles. The van der Waals surface area contributed by atoms with E-state index >= 15 is 0 Å². The van der Waals surface area contributed by atoms with Gasteiger partial charge in [0, 0.05) is 51.4 Å². The molecule has 0 saturated carbocycles. The zero-order valence-corrected chi connectivity index (χ0v) is 22.6. The molecular formula is C29H36F3N5O2. The molecule has 1 N–H and O–H groups in total. The van der Waals surface area contributed by atoms with Crippen LogP contribution >= 0.6 is 0 Å². The number of carbonyl (C=O) groups excluding carboxylic acids is 1. The molecule has 3 aliphatic rings. The molecule has 7 nitrogen and oxygen atoms in total. The highest BCUT2D eigenvalue weighted by molar-refractivity contribution is 5.91. The first-order valence-electron chi connectivity index (χ1n) is 13.6. The molecule has 210 valence electrons. The van der Waals surface area contributed by atoms with Crippen molar-refractivity contribution in [3.63, 3.8) is 0 Å². The van der Waals surface area contributed by atoms with Crippen LogP contribution in [-0.4, -0.2) is 86.5 Å². The van der Waals surface area contributed by atoms with Gasteiger partial charge in [-0.15, -0.1) is 0 Å². The molecular weight excluding hydrogens is 507 g/mol. The first-order chi connectivity index (χ1) is 18.6. The van der Waals surface area contributed by atoms with Gasteiger partial charge in [-0.2, -0.15) is 13.2 Å². The van der Waals surface area contributed by atoms with Crippen molar-refractivity contribution in [1.29, 1.82) is 0 Å². The number of carbonyl (C=O) groups is 1. The number of anilines is 2. The lowest BCUT2D eigenvalue weighted by molar-refractivity contribution is -0.143. The number of morpholine rings is 1. The van der Waals surface area contributed by atoms with E-state index in [0.717, 1.165) is 60.8 Å². The van der Waals surface area contributed by atoms with Crippen molar-refractivity contribution in [2.45, 2.75) is 32.4 Å². The first-order valence-corrected chi connectivity index (χ1v) is 13.6. The van der Waals surface area contributed by atoms with E-state index in [9.17, 15) is 18.0 Å². The molecule has 5 rings (SSSR count). The van der Waals surface area contributed by atoms with Crippen LogP contribution < -0.4 is 10.2 Å². The normalized spacial score (nSPS) is 20.7. The van der Waals surface area contributed by atoms with Crippen molar-refractivity contribution >= 4 is 23.1 Å². The van der Waals surface area contributed by atoms with E-state index < -0.39 is 18.5 Å². The first kappa shape index (κ1) is 27.5. The molecule has 4 heterocycles. The van der Waals surface area contributed by atoms with Crippen LogP contribution in [0, 0.1) is 12.8 Å². The summed E-state index contributed by atoms with van der Waals surface area (Å²) in [6.45, 7) is 7.21. The Morgan fingerprint density at radius 3 is 2.64 bits per heavy atom. The summed E-state index contributed by atoms with van der Waals surface area (Å²) in [4.78, 5) is 23.9. The number of likely N-dealkylation sites (N-methyl/N-ethyl adjacent to an activating group) is 1. The van der Waals surface area contributed by atoms with Gasteiger partial charge in [0.05, 0.1) is 18.9 Å². The summed E-state index contributed by atoms with van der Waals surface area (Å²) in [7, 11) is 2.11. The number of alkyl halides is 3. The van der Waals surface area contributed by atoms with Crippen LogP contribution in [0.5, 0.6) is 0 Å². The number of ether oxygens (including phenoxy) is 1. The second-order valence-corrected chi connectivity index (χ2v) is 10.8. The fraction of sp³-hybridized carbons (Fsp3) is 0.517. The van der Waals surface area contributed by atoms with E-state index in [2.05, 4.69) is 40.4 Å². The maximum atomic E-state index is 12.9. The molecule has 0 spiro atoms. The molecule has 39 heavy (non-hydrogen) atoms. The SMILES string of the molecule is Cc1ccc(NC(=O)N2CCC(CC(F)(F)F)C2)cc1-c1cc(C2=CCN(C)CC2)nc(N2CCOCC2)c1. The lowest BCUT2D eigenvalue weighted by Gasteiger charge is -2.29. The number of amides is 2. The average molecular weight is 544 g/mol. The van der Waals surface area contributed by atoms with E-state index in [1.807, 2.05) is 25.1 Å². The van der Waals surface area contributed by atoms with Crippen molar-refractivity contribution < 1.29 is 22.7 Å². The van der Waals surface area contributed by atoms with Gasteiger partial charge >= 0.3 is 12.2 Å². The number of pyridine rings is 1. The second kappa shape index (κ2) is 11.6. The molecule has 2 saturated heterocycles. The Labute approximate surface area is 227 Å². The monoisotopic (exact) mass is 543 g/mol. The van der Waals surface area contributed by atoms with Gasteiger partial charge in [-0.1, -0.05) is 12.1 Å². The van der Waals surface area contributed by atoms with E-state index in [1.54, 1.807) is 0 Å². The predicted octanol–water partition coefficient (Wildman–Crippen LogP) is 5.42. The summed E-state index contributed by atoms with van der Waals surface area (Å²) in [5, 5.41) is 2.91. The highest BCUT2D eigenvalue weighted by atomic mass is 19.4. The van der Waals surface area contributed by atoms with Crippen LogP contribution in [0.1, 0.15) is 30.5 Å². The number of halogens is 3. The third-order valence-corrected chi connectivity index (χ3v) is 7.78. The molecule has 1 aromatic heterocycles. The zero-order chi connectivity index (χ0) is 27.6. The van der Waals surface area contributed by atoms with E-state index in [-0.39, 0.29) is 12.6 Å². The number of aryl methyl sites for hydroxylation is 1. The fourth-order valence-electron chi connectivity index (χ4n) is 5.52. The quantitative estimate of drug-likeness (QED) is 0.546. The lowest BCUT2D eigenvalue weighted by Crippen LogP contribution is -2.36. The zero-order valence-electron chi connectivity index (χ0n) is 22.6. The topological polar surface area (TPSA) is 60.9 Å². The molecule has 2 fully saturated rings. The summed E-state index contributed by atoms with van der Waals surface area (Å²) in [5.41, 5.74) is 5.86. The van der Waals surface area contributed by atoms with Crippen molar-refractivity contribution in [3.05, 3.63) is 47.7 Å². The largest absolute Gasteiger partial charge is 0.389 e. The van der Waals surface area contributed by atoms with Gasteiger partial charge in [0.15, 0.2) is 0 Å². The minimum atomic E-state index is -4.21. The summed E-state index contributed by atoms with van der Waals surface area (Å²) in [5.74, 6) is 0.360. The number of nitrogens with zero attached hydrogens (tertiary/aromatic N) is 4. The Morgan fingerprint density at radius 1 is 1.13 bits per heavy atom. The van der Waals surface area contributed by atoms with Gasteiger partial charge in [-0.3, -0.25) is 0 Å². The molecule has 10 heteroatoms. The summed E-state index contributed by atoms with van der Waals surface area (Å²) in [6.07, 6.45) is -1.54. The molecule has 0 radical (unpaired) electrons. The van der Waals surface area contributed by atoms with Crippen LogP contribution in [-0.2, 0) is 4.74 Å². The number of hydrogen-bond donors (Lipinski definition) is 1. The molecule has 2 amide bonds. The van der Waals surface area contributed by atoms with Crippen LogP contribution in [0.3, 0.4) is 0 Å². The van der Waals surface area contributed by atoms with E-state index in [1.165, 1.54) is 10.5 Å². The minimum absolute atomic E-state index is 0.116. The Hall–Kier alpha value is -3.11. The molecule has 1 atom stereocenters. The Balaban J connectivity index is 1.40. The third-order valence-electron chi connectivity index (χ3n) is 7.78. The second-order valence-electron chi connectivity index (χ2n) is 10.8. The maximum Gasteiger partial charge on any atom is 0.389 e. The molecule has 1 aromatic carbocycles. The van der Waals surface area contributed by atoms with Crippen molar-refractivity contribution in [2.75, 3.05) is 69.7 Å². The number of rotatable bonds is 5. The number of benzene rings is 1. The van der Waals surface area contributed by atoms with Gasteiger partial charge in [-0.05, 0) is 79.3 Å². The van der Waals surface area contributed by atoms with E-state index in [4.69, 9.17) is 9.72 Å². The van der Waals surface area contributed by atoms with Gasteiger partial charge in [-0.25, -0.2) is 9.78 Å². The molecule has 0 aliphatic carbocycles. The highest BCUT2D eigenvalue weighted by Crippen LogP contribution is 2.34. The smallest absolute Gasteiger partial charge is 0.378 e. The van der Waals surface area contributed by atoms with Crippen molar-refractivity contribution in [2.24, 2.45) is 5.92 Å². The summed E-state index contributed by atoms with van der Waals surface area (Å²) >= 11 is 0. The summed E-state index contributed by atoms with van der Waals surface area (Å²) in [6, 6.07) is 9.60. The van der Waals surface area contributed by atoms with Gasteiger partial charge in [0.25, 0.3) is 0 Å². The highest BCUT2D eigenvalue weighted by Gasteiger charge is 2.36. The summed E-state index contributed by atoms with van der Waals surface area (Å²) < 4.78 is 44.0. The standard InChI is InChI=1S/C29H36F3N5O2/c1-20-3-4-24(33-28(38)37-10-5-21(19-37)18-29(30,31)32)17-25(20)23-15-26(22-6-8-35(2)9-7-22)34-27(16-23)36-11-13-39-14-12-36/h3-4,6,15-17,21H,5,7-14,18-19H2,1-2H3,(H,33,38). The van der Waals surface area contributed by atoms with Crippen LogP contribution in [0.4, 0.5) is 29.5 Å². The van der Waals surface area contributed by atoms with Crippen molar-refractivity contribution in [3.8, 4) is 11.1 Å². The molecule has 0 bridgehead atoms. The number of likely N-dealkylation sites (tertiary alicyclic amines) is 1. The van der Waals surface area contributed by atoms with Crippen molar-refractivity contribution in [1.82, 2.24) is 14.8 Å². The maximum absolute atomic E-state index is 12.9. The molecule has 1 unspecified atom stereocenters. The van der Waals surface area contributed by atoms with Crippen LogP contribution in [0.25, 0.3) is 16.7 Å². The predicted molar refractivity (Wildman–Crippen MR) is 147 cm³/mol. The average Bonchev–Trinajstić information content (AvgIpc) is 3.37. The number of nitrogens with one attached hydrogen (secondary N) is 1. The Kier molecular flexibility index (Phi) is 8.13. The number of aromatic nitrogens is 1. The van der Waals surface area contributed by atoms with E-state index in [0.29, 0.717) is 31.9 Å². The number of hydrogen-bond acceptors (Lipinski definition) is 5. The van der Waals surface area contributed by atoms with Gasteiger partial charge in [0.1, 0.15) is 5.82 Å². The Morgan fingerprint density at radius 2 is 1.92 bits per heavy atom. The fourth-order valence-corrected chi connectivity index (χ4v) is 5.52. The number of urea groups is 1. The van der Waals surface area contributed by atoms with Crippen LogP contribution in [0.2, 0.25) is 0 Å².